The van der Waals surface area contributed by atoms with Crippen LogP contribution in [-0.4, -0.2) is 61.3 Å². The Labute approximate surface area is 101 Å². The molecule has 0 bridgehead atoms. The molecule has 98 valence electrons. The standard InChI is InChI=1S/C11H20N2O4/c1-9(11(15)16)8-12-10(14)2-3-13-4-6-17-7-5-13/h9H,2-8H2,1H3,(H,12,14)(H,15,16). The molecule has 6 heteroatoms. The van der Waals surface area contributed by atoms with Crippen molar-refractivity contribution in [3.8, 4) is 0 Å². The van der Waals surface area contributed by atoms with E-state index < -0.39 is 11.9 Å². The zero-order chi connectivity index (χ0) is 12.7. The van der Waals surface area contributed by atoms with Crippen molar-refractivity contribution in [2.24, 2.45) is 5.92 Å². The molecule has 0 radical (unpaired) electrons. The van der Waals surface area contributed by atoms with Crippen molar-refractivity contribution in [1.82, 2.24) is 10.2 Å². The Bertz CT molecular complexity index is 264. The number of rotatable bonds is 6. The van der Waals surface area contributed by atoms with Gasteiger partial charge in [-0.05, 0) is 0 Å². The first-order valence-corrected chi connectivity index (χ1v) is 5.89. The quantitative estimate of drug-likeness (QED) is 0.661. The van der Waals surface area contributed by atoms with Crippen LogP contribution in [0.4, 0.5) is 0 Å². The average molecular weight is 244 g/mol. The zero-order valence-electron chi connectivity index (χ0n) is 10.1. The number of carbonyl (C=O) groups is 2. The lowest BCUT2D eigenvalue weighted by Gasteiger charge is -2.26. The summed E-state index contributed by atoms with van der Waals surface area (Å²) >= 11 is 0. The maximum absolute atomic E-state index is 11.5. The molecule has 1 unspecified atom stereocenters. The largest absolute Gasteiger partial charge is 0.481 e. The van der Waals surface area contributed by atoms with Gasteiger partial charge >= 0.3 is 5.97 Å². The average Bonchev–Trinajstić information content (AvgIpc) is 2.34. The smallest absolute Gasteiger partial charge is 0.308 e. The van der Waals surface area contributed by atoms with E-state index in [4.69, 9.17) is 9.84 Å². The second kappa shape index (κ2) is 7.24. The van der Waals surface area contributed by atoms with E-state index in [2.05, 4.69) is 10.2 Å². The molecule has 0 spiro atoms. The summed E-state index contributed by atoms with van der Waals surface area (Å²) in [5, 5.41) is 11.3. The van der Waals surface area contributed by atoms with Crippen LogP contribution in [0, 0.1) is 5.92 Å². The topological polar surface area (TPSA) is 78.9 Å². The lowest BCUT2D eigenvalue weighted by Crippen LogP contribution is -2.39. The molecule has 1 atom stereocenters. The van der Waals surface area contributed by atoms with Gasteiger partial charge in [0.25, 0.3) is 0 Å². The van der Waals surface area contributed by atoms with Gasteiger partial charge in [0.2, 0.25) is 5.91 Å². The first-order valence-electron chi connectivity index (χ1n) is 5.89. The number of carbonyl (C=O) groups excluding carboxylic acids is 1. The van der Waals surface area contributed by atoms with Gasteiger partial charge in [0.15, 0.2) is 0 Å². The summed E-state index contributed by atoms with van der Waals surface area (Å²) in [7, 11) is 0. The summed E-state index contributed by atoms with van der Waals surface area (Å²) < 4.78 is 5.20. The predicted octanol–water partition coefficient (Wildman–Crippen LogP) is -0.454. The third-order valence-electron chi connectivity index (χ3n) is 2.79. The Kier molecular flexibility index (Phi) is 5.93. The van der Waals surface area contributed by atoms with Crippen LogP contribution in [-0.2, 0) is 14.3 Å². The normalized spacial score (nSPS) is 18.6. The summed E-state index contributed by atoms with van der Waals surface area (Å²) in [6.45, 7) is 5.63. The van der Waals surface area contributed by atoms with Crippen LogP contribution in [0.1, 0.15) is 13.3 Å². The van der Waals surface area contributed by atoms with Crippen molar-refractivity contribution in [1.29, 1.82) is 0 Å². The van der Waals surface area contributed by atoms with Crippen LogP contribution in [0.2, 0.25) is 0 Å². The third kappa shape index (κ3) is 5.65. The number of hydrogen-bond donors (Lipinski definition) is 2. The van der Waals surface area contributed by atoms with Gasteiger partial charge < -0.3 is 15.2 Å². The van der Waals surface area contributed by atoms with E-state index in [0.717, 1.165) is 26.3 Å². The minimum atomic E-state index is -0.890. The lowest BCUT2D eigenvalue weighted by atomic mass is 10.2. The Hall–Kier alpha value is -1.14. The lowest BCUT2D eigenvalue weighted by molar-refractivity contribution is -0.141. The van der Waals surface area contributed by atoms with E-state index in [0.29, 0.717) is 13.0 Å². The molecule has 2 N–H and O–H groups in total. The number of carboxylic acid groups (broad SMARTS) is 1. The minimum Gasteiger partial charge on any atom is -0.481 e. The van der Waals surface area contributed by atoms with Crippen molar-refractivity contribution < 1.29 is 19.4 Å². The molecular formula is C11H20N2O4. The van der Waals surface area contributed by atoms with Crippen molar-refractivity contribution in [2.75, 3.05) is 39.4 Å². The molecule has 0 aromatic rings. The van der Waals surface area contributed by atoms with Crippen LogP contribution in [0.25, 0.3) is 0 Å². The number of nitrogens with zero attached hydrogens (tertiary/aromatic N) is 1. The van der Waals surface area contributed by atoms with Crippen LogP contribution in [0.5, 0.6) is 0 Å². The number of morpholine rings is 1. The van der Waals surface area contributed by atoms with Crippen LogP contribution >= 0.6 is 0 Å². The van der Waals surface area contributed by atoms with Crippen molar-refractivity contribution >= 4 is 11.9 Å². The monoisotopic (exact) mass is 244 g/mol. The van der Waals surface area contributed by atoms with Gasteiger partial charge in [0, 0.05) is 32.6 Å². The minimum absolute atomic E-state index is 0.0930. The van der Waals surface area contributed by atoms with E-state index >= 15 is 0 Å². The summed E-state index contributed by atoms with van der Waals surface area (Å²) in [5.74, 6) is -1.52. The number of hydrogen-bond acceptors (Lipinski definition) is 4. The molecule has 1 aliphatic heterocycles. The zero-order valence-corrected chi connectivity index (χ0v) is 10.1. The molecule has 1 fully saturated rings. The molecule has 1 saturated heterocycles. The maximum Gasteiger partial charge on any atom is 0.308 e. The van der Waals surface area contributed by atoms with E-state index in [-0.39, 0.29) is 12.5 Å². The van der Waals surface area contributed by atoms with E-state index in [1.807, 2.05) is 0 Å². The van der Waals surface area contributed by atoms with Crippen molar-refractivity contribution in [2.45, 2.75) is 13.3 Å². The summed E-state index contributed by atoms with van der Waals surface area (Å²) in [6.07, 6.45) is 0.409. The SMILES string of the molecule is CC(CNC(=O)CCN1CCOCC1)C(=O)O. The Morgan fingerprint density at radius 3 is 2.65 bits per heavy atom. The van der Waals surface area contributed by atoms with Gasteiger partial charge in [0.05, 0.1) is 19.1 Å². The summed E-state index contributed by atoms with van der Waals surface area (Å²) in [5.41, 5.74) is 0. The summed E-state index contributed by atoms with van der Waals surface area (Å²) in [4.78, 5) is 24.2. The molecule has 1 heterocycles. The highest BCUT2D eigenvalue weighted by atomic mass is 16.5. The van der Waals surface area contributed by atoms with Gasteiger partial charge in [-0.15, -0.1) is 0 Å². The Balaban J connectivity index is 2.10. The number of nitrogens with one attached hydrogen (secondary N) is 1. The highest BCUT2D eigenvalue weighted by Gasteiger charge is 2.14. The number of ether oxygens (including phenoxy) is 1. The highest BCUT2D eigenvalue weighted by Crippen LogP contribution is 1.98. The van der Waals surface area contributed by atoms with E-state index in [9.17, 15) is 9.59 Å². The van der Waals surface area contributed by atoms with Crippen molar-refractivity contribution in [3.63, 3.8) is 0 Å². The molecule has 1 amide bonds. The maximum atomic E-state index is 11.5. The molecular weight excluding hydrogens is 224 g/mol. The Morgan fingerprint density at radius 1 is 1.41 bits per heavy atom. The number of amides is 1. The highest BCUT2D eigenvalue weighted by molar-refractivity contribution is 5.77. The van der Waals surface area contributed by atoms with Crippen LogP contribution in [0.15, 0.2) is 0 Å². The second-order valence-corrected chi connectivity index (χ2v) is 4.25. The molecule has 0 aliphatic carbocycles. The fourth-order valence-corrected chi connectivity index (χ4v) is 1.53. The number of carboxylic acids is 1. The van der Waals surface area contributed by atoms with Crippen LogP contribution in [0.3, 0.4) is 0 Å². The molecule has 1 rings (SSSR count). The molecule has 6 nitrogen and oxygen atoms in total. The van der Waals surface area contributed by atoms with Crippen molar-refractivity contribution in [3.05, 3.63) is 0 Å². The fraction of sp³-hybridized carbons (Fsp3) is 0.818. The molecule has 0 saturated carbocycles. The predicted molar refractivity (Wildman–Crippen MR) is 61.7 cm³/mol. The Morgan fingerprint density at radius 2 is 2.06 bits per heavy atom. The summed E-state index contributed by atoms with van der Waals surface area (Å²) in [6, 6.07) is 0. The number of aliphatic carboxylic acids is 1. The first kappa shape index (κ1) is 13.9. The van der Waals surface area contributed by atoms with Gasteiger partial charge in [-0.3, -0.25) is 14.5 Å². The molecule has 0 aromatic heterocycles. The molecule has 0 aromatic carbocycles. The third-order valence-corrected chi connectivity index (χ3v) is 2.79. The van der Waals surface area contributed by atoms with E-state index in [1.54, 1.807) is 6.92 Å². The first-order chi connectivity index (χ1) is 8.09. The van der Waals surface area contributed by atoms with Gasteiger partial charge in [-0.2, -0.15) is 0 Å². The molecule has 1 aliphatic rings. The second-order valence-electron chi connectivity index (χ2n) is 4.25. The van der Waals surface area contributed by atoms with Gasteiger partial charge in [-0.1, -0.05) is 6.92 Å². The molecule has 17 heavy (non-hydrogen) atoms. The van der Waals surface area contributed by atoms with Gasteiger partial charge in [0.1, 0.15) is 0 Å². The van der Waals surface area contributed by atoms with E-state index in [1.165, 1.54) is 0 Å². The van der Waals surface area contributed by atoms with Gasteiger partial charge in [-0.25, -0.2) is 0 Å². The fourth-order valence-electron chi connectivity index (χ4n) is 1.53. The van der Waals surface area contributed by atoms with Crippen LogP contribution < -0.4 is 5.32 Å².